The average Bonchev–Trinajstić information content (AvgIpc) is 3.06. The molecule has 2 aromatic rings. The number of piperidine rings is 1. The molecule has 0 aliphatic carbocycles. The number of carbonyl (C=O) groups is 1. The van der Waals surface area contributed by atoms with E-state index in [0.717, 1.165) is 18.0 Å². The number of aliphatic hydroxyl groups excluding tert-OH is 1. The summed E-state index contributed by atoms with van der Waals surface area (Å²) in [7, 11) is 0. The Morgan fingerprint density at radius 1 is 1.29 bits per heavy atom. The van der Waals surface area contributed by atoms with Crippen molar-refractivity contribution in [2.24, 2.45) is 0 Å². The van der Waals surface area contributed by atoms with Gasteiger partial charge in [0.05, 0.1) is 34.7 Å². The van der Waals surface area contributed by atoms with Crippen LogP contribution in [0, 0.1) is 10.1 Å². The van der Waals surface area contributed by atoms with E-state index in [4.69, 9.17) is 4.42 Å². The van der Waals surface area contributed by atoms with Gasteiger partial charge in [-0.2, -0.15) is 0 Å². The number of carbonyl (C=O) groups excluding carboxylic acids is 1. The van der Waals surface area contributed by atoms with E-state index in [0.29, 0.717) is 31.6 Å². The summed E-state index contributed by atoms with van der Waals surface area (Å²) >= 11 is 0. The molecule has 1 aromatic carbocycles. The molecule has 8 heteroatoms. The fourth-order valence-electron chi connectivity index (χ4n) is 2.76. The largest absolute Gasteiger partial charge is 0.453 e. The number of rotatable bonds is 4. The van der Waals surface area contributed by atoms with Crippen LogP contribution in [0.5, 0.6) is 0 Å². The molecule has 1 fully saturated rings. The van der Waals surface area contributed by atoms with Crippen LogP contribution in [0.3, 0.4) is 0 Å². The van der Waals surface area contributed by atoms with Crippen molar-refractivity contribution in [1.82, 2.24) is 0 Å². The Hall–Kier alpha value is -2.87. The molecule has 1 aromatic heterocycles. The van der Waals surface area contributed by atoms with Crippen LogP contribution in [0.1, 0.15) is 23.4 Å². The number of para-hydroxylation sites is 2. The van der Waals surface area contributed by atoms with Crippen molar-refractivity contribution < 1.29 is 19.2 Å². The van der Waals surface area contributed by atoms with Gasteiger partial charge in [-0.25, -0.2) is 0 Å². The molecule has 2 heterocycles. The minimum atomic E-state index is -0.670. The zero-order valence-electron chi connectivity index (χ0n) is 12.8. The highest BCUT2D eigenvalue weighted by atomic mass is 16.6. The minimum absolute atomic E-state index is 0.297. The number of nitro groups is 1. The van der Waals surface area contributed by atoms with E-state index >= 15 is 0 Å². The van der Waals surface area contributed by atoms with Gasteiger partial charge in [0.25, 0.3) is 11.7 Å². The van der Waals surface area contributed by atoms with Crippen molar-refractivity contribution in [3.05, 3.63) is 52.5 Å². The third kappa shape index (κ3) is 3.23. The quantitative estimate of drug-likeness (QED) is 0.658. The maximum Gasteiger partial charge on any atom is 0.320 e. The van der Waals surface area contributed by atoms with Gasteiger partial charge >= 0.3 is 5.69 Å². The van der Waals surface area contributed by atoms with Gasteiger partial charge in [0.15, 0.2) is 0 Å². The fourth-order valence-corrected chi connectivity index (χ4v) is 2.76. The Kier molecular flexibility index (Phi) is 4.48. The van der Waals surface area contributed by atoms with Crippen molar-refractivity contribution in [2.45, 2.75) is 18.9 Å². The van der Waals surface area contributed by atoms with Crippen molar-refractivity contribution in [3.63, 3.8) is 0 Å². The van der Waals surface area contributed by atoms with Gasteiger partial charge in [-0.3, -0.25) is 14.9 Å². The Bertz CT molecular complexity index is 750. The first kappa shape index (κ1) is 16.0. The summed E-state index contributed by atoms with van der Waals surface area (Å²) in [5.41, 5.74) is 0.989. The van der Waals surface area contributed by atoms with E-state index in [-0.39, 0.29) is 17.6 Å². The van der Waals surface area contributed by atoms with Crippen molar-refractivity contribution in [3.8, 4) is 0 Å². The number of aliphatic hydroxyl groups is 1. The normalized spacial score (nSPS) is 15.3. The Morgan fingerprint density at radius 3 is 2.71 bits per heavy atom. The summed E-state index contributed by atoms with van der Waals surface area (Å²) in [6.45, 7) is 1.35. The van der Waals surface area contributed by atoms with Crippen LogP contribution >= 0.6 is 0 Å². The SMILES string of the molecule is O=C(Nc1ccccc1N1CCC(O)CC1)c1occc1[N+](=O)[O-]. The van der Waals surface area contributed by atoms with Crippen LogP contribution in [-0.4, -0.2) is 35.1 Å². The summed E-state index contributed by atoms with van der Waals surface area (Å²) in [4.78, 5) is 24.7. The number of hydrogen-bond acceptors (Lipinski definition) is 6. The molecule has 0 saturated carbocycles. The first-order valence-corrected chi connectivity index (χ1v) is 7.61. The zero-order chi connectivity index (χ0) is 17.1. The maximum atomic E-state index is 12.3. The molecule has 1 amide bonds. The second kappa shape index (κ2) is 6.71. The van der Waals surface area contributed by atoms with Crippen molar-refractivity contribution in [1.29, 1.82) is 0 Å². The Morgan fingerprint density at radius 2 is 2.00 bits per heavy atom. The molecule has 3 rings (SSSR count). The molecule has 0 bridgehead atoms. The molecule has 24 heavy (non-hydrogen) atoms. The molecule has 0 unspecified atom stereocenters. The highest BCUT2D eigenvalue weighted by Gasteiger charge is 2.26. The second-order valence-corrected chi connectivity index (χ2v) is 5.58. The maximum absolute atomic E-state index is 12.3. The van der Waals surface area contributed by atoms with E-state index in [1.807, 2.05) is 12.1 Å². The average molecular weight is 331 g/mol. The third-order valence-corrected chi connectivity index (χ3v) is 4.00. The van der Waals surface area contributed by atoms with Crippen LogP contribution < -0.4 is 10.2 Å². The van der Waals surface area contributed by atoms with Crippen molar-refractivity contribution >= 4 is 23.0 Å². The first-order chi connectivity index (χ1) is 11.6. The molecule has 0 radical (unpaired) electrons. The van der Waals surface area contributed by atoms with Gasteiger partial charge in [-0.1, -0.05) is 12.1 Å². The molecule has 0 atom stereocenters. The number of furan rings is 1. The van der Waals surface area contributed by atoms with E-state index < -0.39 is 10.8 Å². The molecule has 1 saturated heterocycles. The highest BCUT2D eigenvalue weighted by Crippen LogP contribution is 2.29. The predicted octanol–water partition coefficient (Wildman–Crippen LogP) is 2.40. The molecular weight excluding hydrogens is 314 g/mol. The molecular formula is C16H17N3O5. The lowest BCUT2D eigenvalue weighted by molar-refractivity contribution is -0.385. The summed E-state index contributed by atoms with van der Waals surface area (Å²) in [6.07, 6.45) is 2.14. The highest BCUT2D eigenvalue weighted by molar-refractivity contribution is 6.06. The standard InChI is InChI=1S/C16H17N3O5/c20-11-5-8-18(9-6-11)13-4-2-1-3-12(13)17-16(21)15-14(19(22)23)7-10-24-15/h1-4,7,10-11,20H,5-6,8-9H2,(H,17,21). The van der Waals surface area contributed by atoms with Crippen LogP contribution in [0.2, 0.25) is 0 Å². The molecule has 1 aliphatic heterocycles. The first-order valence-electron chi connectivity index (χ1n) is 7.61. The molecule has 1 aliphatic rings. The van der Waals surface area contributed by atoms with E-state index in [1.165, 1.54) is 0 Å². The molecule has 2 N–H and O–H groups in total. The monoisotopic (exact) mass is 331 g/mol. The Labute approximate surface area is 137 Å². The van der Waals surface area contributed by atoms with Gasteiger partial charge in [-0.05, 0) is 25.0 Å². The van der Waals surface area contributed by atoms with Crippen LogP contribution in [0.25, 0.3) is 0 Å². The molecule has 126 valence electrons. The van der Waals surface area contributed by atoms with E-state index in [1.54, 1.807) is 12.1 Å². The number of hydrogen-bond donors (Lipinski definition) is 2. The van der Waals surface area contributed by atoms with Crippen LogP contribution in [0.15, 0.2) is 41.0 Å². The van der Waals surface area contributed by atoms with Gasteiger partial charge in [0, 0.05) is 13.1 Å². The smallest absolute Gasteiger partial charge is 0.320 e. The van der Waals surface area contributed by atoms with E-state index in [9.17, 15) is 20.0 Å². The van der Waals surface area contributed by atoms with Gasteiger partial charge in [-0.15, -0.1) is 0 Å². The zero-order valence-corrected chi connectivity index (χ0v) is 12.8. The Balaban J connectivity index is 1.81. The number of anilines is 2. The lowest BCUT2D eigenvalue weighted by Gasteiger charge is -2.32. The van der Waals surface area contributed by atoms with Crippen molar-refractivity contribution in [2.75, 3.05) is 23.3 Å². The predicted molar refractivity (Wildman–Crippen MR) is 87.2 cm³/mol. The van der Waals surface area contributed by atoms with Gasteiger partial charge < -0.3 is 19.7 Å². The minimum Gasteiger partial charge on any atom is -0.453 e. The van der Waals surface area contributed by atoms with Crippen LogP contribution in [-0.2, 0) is 0 Å². The van der Waals surface area contributed by atoms with Gasteiger partial charge in [0.1, 0.15) is 0 Å². The van der Waals surface area contributed by atoms with Crippen LogP contribution in [0.4, 0.5) is 17.1 Å². The number of nitrogens with zero attached hydrogens (tertiary/aromatic N) is 2. The lowest BCUT2D eigenvalue weighted by atomic mass is 10.1. The summed E-state index contributed by atoms with van der Waals surface area (Å²) in [6, 6.07) is 8.36. The van der Waals surface area contributed by atoms with Gasteiger partial charge in [0.2, 0.25) is 0 Å². The number of benzene rings is 1. The van der Waals surface area contributed by atoms with E-state index in [2.05, 4.69) is 10.2 Å². The third-order valence-electron chi connectivity index (χ3n) is 4.00. The number of nitrogens with one attached hydrogen (secondary N) is 1. The topological polar surface area (TPSA) is 109 Å². The summed E-state index contributed by atoms with van der Waals surface area (Å²) in [5.74, 6) is -1.000. The lowest BCUT2D eigenvalue weighted by Crippen LogP contribution is -2.36. The fraction of sp³-hybridized carbons (Fsp3) is 0.312. The molecule has 0 spiro atoms. The summed E-state index contributed by atoms with van der Waals surface area (Å²) in [5, 5.41) is 23.2. The second-order valence-electron chi connectivity index (χ2n) is 5.58. The molecule has 8 nitrogen and oxygen atoms in total. The number of amides is 1. The summed E-state index contributed by atoms with van der Waals surface area (Å²) < 4.78 is 4.96.